The van der Waals surface area contributed by atoms with Crippen molar-refractivity contribution in [3.8, 4) is 0 Å². The van der Waals surface area contributed by atoms with Crippen molar-refractivity contribution in [1.29, 1.82) is 0 Å². The molecule has 0 aliphatic rings. The molecule has 2 aromatic carbocycles. The largest absolute Gasteiger partial charge is 2.00 e. The summed E-state index contributed by atoms with van der Waals surface area (Å²) < 4.78 is 0. The predicted octanol–water partition coefficient (Wildman–Crippen LogP) is 0.602. The van der Waals surface area contributed by atoms with Crippen LogP contribution in [0.2, 0.25) is 0 Å². The number of para-hydroxylation sites is 2. The van der Waals surface area contributed by atoms with E-state index in [0.717, 1.165) is 34.2 Å². The third kappa shape index (κ3) is 7.01. The number of hydrogen-bond donors (Lipinski definition) is 0. The molecule has 1 aromatic heterocycles. The van der Waals surface area contributed by atoms with E-state index in [9.17, 15) is 0 Å². The second kappa shape index (κ2) is 12.8. The van der Waals surface area contributed by atoms with Crippen molar-refractivity contribution in [1.82, 2.24) is 4.98 Å². The van der Waals surface area contributed by atoms with Crippen LogP contribution in [-0.2, 0) is 16.8 Å². The molecule has 0 amide bonds. The molecule has 0 saturated carbocycles. The molecule has 0 aliphatic carbocycles. The van der Waals surface area contributed by atoms with Gasteiger partial charge in [-0.15, -0.1) is 0 Å². The second-order valence-electron chi connectivity index (χ2n) is 7.28. The van der Waals surface area contributed by atoms with Gasteiger partial charge in [0, 0.05) is 0 Å². The molecule has 0 bridgehead atoms. The summed E-state index contributed by atoms with van der Waals surface area (Å²) in [6.45, 7) is 12.4. The topological polar surface area (TPSA) is 37.6 Å². The van der Waals surface area contributed by atoms with Gasteiger partial charge >= 0.3 is 16.8 Å². The van der Waals surface area contributed by atoms with E-state index >= 15 is 0 Å². The maximum atomic E-state index is 4.86. The molecule has 0 unspecified atom stereocenters. The van der Waals surface area contributed by atoms with E-state index in [1.54, 1.807) is 0 Å². The van der Waals surface area contributed by atoms with Gasteiger partial charge in [-0.25, -0.2) is 4.98 Å². The van der Waals surface area contributed by atoms with Gasteiger partial charge in [0.15, 0.2) is 0 Å². The van der Waals surface area contributed by atoms with Crippen LogP contribution in [0.25, 0.3) is 0 Å². The van der Waals surface area contributed by atoms with E-state index in [-0.39, 0.29) is 41.6 Å². The summed E-state index contributed by atoms with van der Waals surface area (Å²) >= 11 is 0. The van der Waals surface area contributed by atoms with Crippen LogP contribution in [0.5, 0.6) is 0 Å². The second-order valence-corrected chi connectivity index (χ2v) is 7.28. The zero-order valence-electron chi connectivity index (χ0n) is 18.6. The van der Waals surface area contributed by atoms with Crippen LogP contribution in [0, 0.1) is 27.7 Å². The number of nitrogens with zero attached hydrogens (tertiary/aromatic N) is 3. The zero-order valence-corrected chi connectivity index (χ0v) is 21.2. The molecule has 0 atom stereocenters. The number of aromatic nitrogens is 1. The van der Waals surface area contributed by atoms with Gasteiger partial charge in [0.2, 0.25) is 0 Å². The average Bonchev–Trinajstić information content (AvgIpc) is 2.67. The van der Waals surface area contributed by atoms with Gasteiger partial charge in [0.25, 0.3) is 0 Å². The zero-order chi connectivity index (χ0) is 20.3. The van der Waals surface area contributed by atoms with Crippen LogP contribution in [0.1, 0.15) is 47.5 Å². The predicted molar refractivity (Wildman–Crippen MR) is 120 cm³/mol. The molecule has 1 heterocycles. The van der Waals surface area contributed by atoms with E-state index < -0.39 is 0 Å². The number of aryl methyl sites for hydroxylation is 4. The maximum Gasteiger partial charge on any atom is 2.00 e. The van der Waals surface area contributed by atoms with E-state index in [1.165, 1.54) is 22.3 Å². The molecular formula is C25H27Cl2CoN3. The fourth-order valence-corrected chi connectivity index (χ4v) is 3.25. The normalized spacial score (nSPS) is 11.2. The average molecular weight is 499 g/mol. The maximum absolute atomic E-state index is 4.86. The third-order valence-corrected chi connectivity index (χ3v) is 4.93. The Bertz CT molecular complexity index is 969. The summed E-state index contributed by atoms with van der Waals surface area (Å²) in [4.78, 5) is 14.5. The summed E-state index contributed by atoms with van der Waals surface area (Å²) in [5.74, 6) is 0. The van der Waals surface area contributed by atoms with E-state index in [1.807, 2.05) is 32.0 Å². The smallest absolute Gasteiger partial charge is 1.00 e. The molecule has 3 nitrogen and oxygen atoms in total. The molecule has 31 heavy (non-hydrogen) atoms. The molecule has 0 N–H and O–H groups in total. The van der Waals surface area contributed by atoms with Gasteiger partial charge in [0.05, 0.1) is 34.2 Å². The fraction of sp³-hybridized carbons (Fsp3) is 0.240. The Balaban J connectivity index is 0.00000300. The Morgan fingerprint density at radius 2 is 0.871 bits per heavy atom. The van der Waals surface area contributed by atoms with E-state index in [4.69, 9.17) is 15.0 Å². The molecule has 0 fully saturated rings. The molecule has 0 spiro atoms. The third-order valence-electron chi connectivity index (χ3n) is 4.93. The number of aliphatic imine (C=N–C) groups is 2. The minimum atomic E-state index is 0. The Kier molecular flexibility index (Phi) is 12.0. The Labute approximate surface area is 208 Å². The van der Waals surface area contributed by atoms with Crippen molar-refractivity contribution in [2.45, 2.75) is 41.5 Å². The first-order chi connectivity index (χ1) is 13.4. The molecule has 3 rings (SSSR count). The van der Waals surface area contributed by atoms with Gasteiger partial charge in [-0.2, -0.15) is 0 Å². The molecule has 3 aromatic rings. The van der Waals surface area contributed by atoms with Crippen molar-refractivity contribution < 1.29 is 41.6 Å². The van der Waals surface area contributed by atoms with Crippen molar-refractivity contribution in [3.05, 3.63) is 88.2 Å². The number of benzene rings is 2. The van der Waals surface area contributed by atoms with Gasteiger partial charge < -0.3 is 24.8 Å². The molecule has 0 aliphatic heterocycles. The fourth-order valence-electron chi connectivity index (χ4n) is 3.25. The first-order valence-electron chi connectivity index (χ1n) is 9.57. The van der Waals surface area contributed by atoms with Crippen molar-refractivity contribution in [3.63, 3.8) is 0 Å². The van der Waals surface area contributed by atoms with Crippen molar-refractivity contribution in [2.75, 3.05) is 0 Å². The minimum absolute atomic E-state index is 0. The van der Waals surface area contributed by atoms with E-state index in [0.29, 0.717) is 0 Å². The molecule has 0 saturated heterocycles. The number of pyridine rings is 1. The van der Waals surface area contributed by atoms with Crippen molar-refractivity contribution >= 4 is 22.8 Å². The van der Waals surface area contributed by atoms with Crippen LogP contribution in [0.3, 0.4) is 0 Å². The van der Waals surface area contributed by atoms with Gasteiger partial charge in [-0.3, -0.25) is 9.98 Å². The van der Waals surface area contributed by atoms with Crippen LogP contribution in [0.15, 0.2) is 64.6 Å². The molecule has 1 radical (unpaired) electrons. The Morgan fingerprint density at radius 3 is 1.19 bits per heavy atom. The van der Waals surface area contributed by atoms with Crippen LogP contribution in [0.4, 0.5) is 11.4 Å². The molecule has 6 heteroatoms. The summed E-state index contributed by atoms with van der Waals surface area (Å²) in [6, 6.07) is 18.5. The first kappa shape index (κ1) is 29.0. The number of halogens is 2. The monoisotopic (exact) mass is 498 g/mol. The SMILES string of the molecule is CC(=Nc1c(C)cccc1C)c1cccc(C(C)=Nc2c(C)cccc2C)n1.[Cl-].[Cl-].[Co+2]. The Hall–Kier alpha value is -1.98. The van der Waals surface area contributed by atoms with Crippen molar-refractivity contribution in [2.24, 2.45) is 9.98 Å². The van der Waals surface area contributed by atoms with Gasteiger partial charge in [0.1, 0.15) is 0 Å². The van der Waals surface area contributed by atoms with Gasteiger partial charge in [-0.05, 0) is 75.9 Å². The summed E-state index contributed by atoms with van der Waals surface area (Å²) in [7, 11) is 0. The van der Waals surface area contributed by atoms with Crippen LogP contribution < -0.4 is 24.8 Å². The molecule has 165 valence electrons. The quantitative estimate of drug-likeness (QED) is 0.485. The standard InChI is InChI=1S/C25H27N3.2ClH.Co/c1-16-10-7-11-17(2)24(16)26-20(5)22-14-9-15-23(28-22)21(6)27-25-18(3)12-8-13-19(25)4;;;/h7-15H,1-6H3;2*1H;/q;;;+2/p-2. The summed E-state index contributed by atoms with van der Waals surface area (Å²) in [5.41, 5.74) is 10.3. The van der Waals surface area contributed by atoms with E-state index in [2.05, 4.69) is 64.1 Å². The van der Waals surface area contributed by atoms with Gasteiger partial charge in [-0.1, -0.05) is 42.5 Å². The first-order valence-corrected chi connectivity index (χ1v) is 9.57. The molecular weight excluding hydrogens is 472 g/mol. The summed E-state index contributed by atoms with van der Waals surface area (Å²) in [5, 5.41) is 0. The number of hydrogen-bond acceptors (Lipinski definition) is 3. The number of rotatable bonds is 4. The summed E-state index contributed by atoms with van der Waals surface area (Å²) in [6.07, 6.45) is 0. The van der Waals surface area contributed by atoms with Crippen LogP contribution >= 0.6 is 0 Å². The Morgan fingerprint density at radius 1 is 0.581 bits per heavy atom. The van der Waals surface area contributed by atoms with Crippen LogP contribution in [-0.4, -0.2) is 16.4 Å². The minimum Gasteiger partial charge on any atom is -1.00 e.